The summed E-state index contributed by atoms with van der Waals surface area (Å²) in [5.74, 6) is 3.50. The van der Waals surface area contributed by atoms with E-state index >= 15 is 0 Å². The highest BCUT2D eigenvalue weighted by atomic mass is 16.5. The molecule has 0 aromatic rings. The van der Waals surface area contributed by atoms with Crippen LogP contribution in [0.4, 0.5) is 0 Å². The molecule has 0 N–H and O–H groups in total. The minimum absolute atomic E-state index is 0.208. The van der Waals surface area contributed by atoms with Gasteiger partial charge in [-0.3, -0.25) is 0 Å². The van der Waals surface area contributed by atoms with Crippen LogP contribution in [0.2, 0.25) is 0 Å². The molecule has 0 aromatic carbocycles. The van der Waals surface area contributed by atoms with Crippen molar-refractivity contribution in [1.82, 2.24) is 0 Å². The van der Waals surface area contributed by atoms with Crippen LogP contribution in [0.25, 0.3) is 0 Å². The summed E-state index contributed by atoms with van der Waals surface area (Å²) in [5, 5.41) is 0. The van der Waals surface area contributed by atoms with E-state index < -0.39 is 0 Å². The first-order valence-corrected chi connectivity index (χ1v) is 2.93. The van der Waals surface area contributed by atoms with Gasteiger partial charge < -0.3 is 4.74 Å². The summed E-state index contributed by atoms with van der Waals surface area (Å²) in [6, 6.07) is 0. The first-order chi connectivity index (χ1) is 3.87. The molecule has 2 aliphatic rings. The lowest BCUT2D eigenvalue weighted by molar-refractivity contribution is 0.157. The van der Waals surface area contributed by atoms with Crippen LogP contribution < -0.4 is 0 Å². The van der Waals surface area contributed by atoms with Crippen molar-refractivity contribution in [3.8, 4) is 12.3 Å². The maximum atomic E-state index is 5.28. The maximum absolute atomic E-state index is 5.28. The van der Waals surface area contributed by atoms with Gasteiger partial charge in [0.1, 0.15) is 0 Å². The van der Waals surface area contributed by atoms with E-state index in [0.717, 1.165) is 13.2 Å². The van der Waals surface area contributed by atoms with Crippen LogP contribution in [0.15, 0.2) is 0 Å². The molecule has 0 amide bonds. The van der Waals surface area contributed by atoms with Gasteiger partial charge in [-0.15, -0.1) is 6.42 Å². The molecule has 1 aliphatic carbocycles. The SMILES string of the molecule is C#C[C@@]12COC[C@@H]1C2. The number of ether oxygens (including phenoxy) is 1. The highest BCUT2D eigenvalue weighted by Gasteiger charge is 2.57. The predicted molar refractivity (Wildman–Crippen MR) is 30.2 cm³/mol. The van der Waals surface area contributed by atoms with Crippen LogP contribution in [-0.4, -0.2) is 13.2 Å². The molecule has 1 heteroatoms. The first kappa shape index (κ1) is 4.40. The van der Waals surface area contributed by atoms with Gasteiger partial charge in [-0.25, -0.2) is 0 Å². The van der Waals surface area contributed by atoms with Gasteiger partial charge >= 0.3 is 0 Å². The molecule has 0 unspecified atom stereocenters. The number of terminal acetylenes is 1. The standard InChI is InChI=1S/C7H8O/c1-2-7-3-6(7)4-8-5-7/h1,6H,3-5H2/t6-,7+/m0/s1. The molecular weight excluding hydrogens is 100 g/mol. The quantitative estimate of drug-likeness (QED) is 0.414. The van der Waals surface area contributed by atoms with E-state index in [9.17, 15) is 0 Å². The fraction of sp³-hybridized carbons (Fsp3) is 0.714. The maximum Gasteiger partial charge on any atom is 0.0635 e. The van der Waals surface area contributed by atoms with Crippen LogP contribution in [0, 0.1) is 23.7 Å². The molecule has 0 radical (unpaired) electrons. The highest BCUT2D eigenvalue weighted by Crippen LogP contribution is 2.56. The van der Waals surface area contributed by atoms with Crippen LogP contribution in [-0.2, 0) is 4.74 Å². The monoisotopic (exact) mass is 108 g/mol. The fourth-order valence-electron chi connectivity index (χ4n) is 1.38. The Morgan fingerprint density at radius 3 is 2.88 bits per heavy atom. The number of rotatable bonds is 0. The lowest BCUT2D eigenvalue weighted by atomic mass is 10.1. The second-order valence-corrected chi connectivity index (χ2v) is 2.72. The van der Waals surface area contributed by atoms with E-state index in [2.05, 4.69) is 5.92 Å². The Kier molecular flexibility index (Phi) is 0.598. The lowest BCUT2D eigenvalue weighted by Crippen LogP contribution is -1.99. The molecule has 0 spiro atoms. The van der Waals surface area contributed by atoms with Crippen molar-refractivity contribution in [3.05, 3.63) is 0 Å². The normalized spacial score (nSPS) is 50.1. The van der Waals surface area contributed by atoms with E-state index in [0.29, 0.717) is 5.92 Å². The Bertz CT molecular complexity index is 156. The molecular formula is C7H8O. The molecule has 2 fully saturated rings. The largest absolute Gasteiger partial charge is 0.380 e. The molecule has 2 rings (SSSR count). The molecule has 42 valence electrons. The molecule has 0 bridgehead atoms. The van der Waals surface area contributed by atoms with Gasteiger partial charge in [-0.1, -0.05) is 5.92 Å². The first-order valence-electron chi connectivity index (χ1n) is 2.93. The van der Waals surface area contributed by atoms with Gasteiger partial charge in [0, 0.05) is 5.92 Å². The minimum atomic E-state index is 0.208. The van der Waals surface area contributed by atoms with E-state index in [1.807, 2.05) is 0 Å². The zero-order valence-electron chi connectivity index (χ0n) is 4.68. The molecule has 2 atom stereocenters. The molecule has 0 aromatic heterocycles. The average Bonchev–Trinajstić information content (AvgIpc) is 2.38. The van der Waals surface area contributed by atoms with Crippen molar-refractivity contribution in [2.45, 2.75) is 6.42 Å². The van der Waals surface area contributed by atoms with Gasteiger partial charge in [-0.2, -0.15) is 0 Å². The summed E-state index contributed by atoms with van der Waals surface area (Å²) < 4.78 is 5.16. The van der Waals surface area contributed by atoms with Gasteiger partial charge in [-0.05, 0) is 6.42 Å². The Morgan fingerprint density at radius 1 is 1.75 bits per heavy atom. The smallest absolute Gasteiger partial charge is 0.0635 e. The number of hydrogen-bond acceptors (Lipinski definition) is 1. The van der Waals surface area contributed by atoms with Crippen molar-refractivity contribution >= 4 is 0 Å². The molecule has 1 aliphatic heterocycles. The fourth-order valence-corrected chi connectivity index (χ4v) is 1.38. The highest BCUT2D eigenvalue weighted by molar-refractivity contribution is 5.22. The second-order valence-electron chi connectivity index (χ2n) is 2.72. The number of fused-ring (bicyclic) bond motifs is 1. The minimum Gasteiger partial charge on any atom is -0.380 e. The molecule has 1 saturated heterocycles. The molecule has 1 nitrogen and oxygen atoms in total. The van der Waals surface area contributed by atoms with Crippen molar-refractivity contribution in [2.75, 3.05) is 13.2 Å². The third-order valence-electron chi connectivity index (χ3n) is 2.20. The summed E-state index contributed by atoms with van der Waals surface area (Å²) >= 11 is 0. The van der Waals surface area contributed by atoms with Crippen LogP contribution >= 0.6 is 0 Å². The second kappa shape index (κ2) is 1.09. The van der Waals surface area contributed by atoms with Crippen LogP contribution in [0.1, 0.15) is 6.42 Å². The average molecular weight is 108 g/mol. The topological polar surface area (TPSA) is 9.23 Å². The third kappa shape index (κ3) is 0.329. The van der Waals surface area contributed by atoms with Crippen molar-refractivity contribution in [2.24, 2.45) is 11.3 Å². The Balaban J connectivity index is 2.22. The van der Waals surface area contributed by atoms with E-state index in [1.54, 1.807) is 0 Å². The number of hydrogen-bond donors (Lipinski definition) is 0. The van der Waals surface area contributed by atoms with Gasteiger partial charge in [0.2, 0.25) is 0 Å². The molecule has 8 heavy (non-hydrogen) atoms. The zero-order chi connectivity index (χ0) is 5.61. The van der Waals surface area contributed by atoms with E-state index in [-0.39, 0.29) is 5.41 Å². The van der Waals surface area contributed by atoms with Gasteiger partial charge in [0.05, 0.1) is 18.6 Å². The Hall–Kier alpha value is -0.480. The van der Waals surface area contributed by atoms with Crippen molar-refractivity contribution in [1.29, 1.82) is 0 Å². The van der Waals surface area contributed by atoms with Crippen molar-refractivity contribution < 1.29 is 4.74 Å². The predicted octanol–water partition coefficient (Wildman–Crippen LogP) is 0.656. The van der Waals surface area contributed by atoms with Crippen LogP contribution in [0.3, 0.4) is 0 Å². The summed E-state index contributed by atoms with van der Waals surface area (Å²) in [6.07, 6.45) is 6.49. The van der Waals surface area contributed by atoms with Gasteiger partial charge in [0.25, 0.3) is 0 Å². The molecule has 1 heterocycles. The lowest BCUT2D eigenvalue weighted by Gasteiger charge is -1.96. The van der Waals surface area contributed by atoms with E-state index in [1.165, 1.54) is 6.42 Å². The van der Waals surface area contributed by atoms with Crippen molar-refractivity contribution in [3.63, 3.8) is 0 Å². The Labute approximate surface area is 49.0 Å². The van der Waals surface area contributed by atoms with E-state index in [4.69, 9.17) is 11.2 Å². The summed E-state index contributed by atoms with van der Waals surface area (Å²) in [6.45, 7) is 1.72. The summed E-state index contributed by atoms with van der Waals surface area (Å²) in [7, 11) is 0. The van der Waals surface area contributed by atoms with Gasteiger partial charge in [0.15, 0.2) is 0 Å². The third-order valence-corrected chi connectivity index (χ3v) is 2.20. The summed E-state index contributed by atoms with van der Waals surface area (Å²) in [4.78, 5) is 0. The zero-order valence-corrected chi connectivity index (χ0v) is 4.68. The summed E-state index contributed by atoms with van der Waals surface area (Å²) in [5.41, 5.74) is 0.208. The van der Waals surface area contributed by atoms with Crippen LogP contribution in [0.5, 0.6) is 0 Å². The Morgan fingerprint density at radius 2 is 2.62 bits per heavy atom. The molecule has 1 saturated carbocycles.